The molecule has 0 aromatic heterocycles. The van der Waals surface area contributed by atoms with Gasteiger partial charge in [-0.25, -0.2) is 4.79 Å². The van der Waals surface area contributed by atoms with Crippen LogP contribution in [0.25, 0.3) is 0 Å². The number of aliphatic hydroxyl groups excluding tert-OH is 9. The number of carbonyl (C=O) groups excluding carboxylic acids is 2. The maximum Gasteiger partial charge on any atom is 0.335 e. The first-order valence-corrected chi connectivity index (χ1v) is 26.8. The molecule has 8 rings (SSSR count). The summed E-state index contributed by atoms with van der Waals surface area (Å²) in [4.78, 5) is 26.2. The third-order valence-electron chi connectivity index (χ3n) is 19.1. The molecule has 7 fully saturated rings. The van der Waals surface area contributed by atoms with Gasteiger partial charge in [-0.15, -0.1) is 0 Å². The standard InChI is InChI=1S/C53H84O21/c1-10-24(3)38(57)47(64)70-35-22-67-50(46(45(35)69-27(6)55)73-49-44(63)41(60)39(58)26(5)68-49)72-36-18-29(56)17-28-11-12-30-31(52(28,36)8)14-15-51(7)32(30)19-33-37(51)25(4)53(65-9,74-33)16-13-23(2)21-66-48-43(62)42(61)40(59)34(20-54)71-48/h11,24-26,29-46,48-50,54,56-63H,2,10,12-22H2,1,3-9H3/t24-,25-,26-,29+,30+,31-,32-,33?,34+,35-,36+,37?,38-,39-,40+,41+,42-,43+,44+,45-,46+,48+,49-,50-,51-,52-,53?/m0/s1. The molecule has 4 aliphatic carbocycles. The maximum atomic E-state index is 13.3. The Morgan fingerprint density at radius 2 is 1.59 bits per heavy atom. The summed E-state index contributed by atoms with van der Waals surface area (Å²) in [5, 5.41) is 95.3. The number of aliphatic hydroxyl groups is 9. The molecule has 3 unspecified atom stereocenters. The first-order chi connectivity index (χ1) is 34.9. The van der Waals surface area contributed by atoms with Gasteiger partial charge in [0.15, 0.2) is 49.1 Å². The highest BCUT2D eigenvalue weighted by Gasteiger charge is 2.69. The van der Waals surface area contributed by atoms with E-state index in [1.165, 1.54) is 13.8 Å². The number of esters is 2. The van der Waals surface area contributed by atoms with E-state index in [4.69, 9.17) is 47.4 Å². The van der Waals surface area contributed by atoms with Crippen molar-refractivity contribution in [3.05, 3.63) is 23.8 Å². The van der Waals surface area contributed by atoms with Crippen LogP contribution in [0.4, 0.5) is 0 Å². The smallest absolute Gasteiger partial charge is 0.335 e. The predicted octanol–water partition coefficient (Wildman–Crippen LogP) is 0.881. The van der Waals surface area contributed by atoms with E-state index in [9.17, 15) is 55.5 Å². The van der Waals surface area contributed by atoms with Crippen LogP contribution in [0.5, 0.6) is 0 Å². The zero-order valence-electron chi connectivity index (χ0n) is 44.1. The molecule has 422 valence electrons. The number of hydrogen-bond acceptors (Lipinski definition) is 21. The Hall–Kier alpha value is -2.26. The van der Waals surface area contributed by atoms with Crippen molar-refractivity contribution in [3.8, 4) is 0 Å². The highest BCUT2D eigenvalue weighted by atomic mass is 16.8. The second-order valence-electron chi connectivity index (χ2n) is 23.2. The molecule has 74 heavy (non-hydrogen) atoms. The van der Waals surface area contributed by atoms with E-state index >= 15 is 0 Å². The molecule has 3 saturated carbocycles. The molecule has 8 aliphatic rings. The first kappa shape index (κ1) is 57.9. The van der Waals surface area contributed by atoms with E-state index < -0.39 is 140 Å². The van der Waals surface area contributed by atoms with Gasteiger partial charge in [0.05, 0.1) is 44.2 Å². The van der Waals surface area contributed by atoms with Crippen molar-refractivity contribution in [2.45, 2.75) is 222 Å². The number of fused-ring (bicyclic) bond motifs is 7. The Morgan fingerprint density at radius 1 is 0.892 bits per heavy atom. The van der Waals surface area contributed by atoms with E-state index in [0.717, 1.165) is 31.3 Å². The zero-order chi connectivity index (χ0) is 53.9. The van der Waals surface area contributed by atoms with Gasteiger partial charge in [-0.1, -0.05) is 64.8 Å². The van der Waals surface area contributed by atoms with Crippen LogP contribution in [0, 0.1) is 46.3 Å². The summed E-state index contributed by atoms with van der Waals surface area (Å²) in [6, 6.07) is 0. The van der Waals surface area contributed by atoms with Crippen molar-refractivity contribution in [3.63, 3.8) is 0 Å². The third kappa shape index (κ3) is 10.5. The van der Waals surface area contributed by atoms with Crippen molar-refractivity contribution in [1.29, 1.82) is 0 Å². The second kappa shape index (κ2) is 22.8. The van der Waals surface area contributed by atoms with Crippen LogP contribution in [-0.4, -0.2) is 201 Å². The van der Waals surface area contributed by atoms with E-state index in [0.29, 0.717) is 31.3 Å². The summed E-state index contributed by atoms with van der Waals surface area (Å²) in [6.07, 6.45) is -15.4. The van der Waals surface area contributed by atoms with Gasteiger partial charge in [-0.05, 0) is 80.5 Å². The van der Waals surface area contributed by atoms with E-state index in [2.05, 4.69) is 33.4 Å². The van der Waals surface area contributed by atoms with Gasteiger partial charge in [0.1, 0.15) is 42.7 Å². The SMILES string of the molecule is C=C(CCC1(OC)OC2C[C@H]3[C@@H]4CC=C5C[C@@H](O)C[C@@H](O[C@@H]6OC[C@H](OC(=O)[C@@H](O)[C@@H](C)CC)[C@H](OC(C)=O)[C@H]6O[C@@H]6O[C@@H](C)[C@H](O)[C@@H](O)[C@H]6O)[C@]5(C)[C@H]4CC[C@]3(C)C2[C@@H]1C)CO[C@@H]1O[C@H](CO)[C@@H](O)[C@H](O)[C@H]1O. The minimum Gasteiger partial charge on any atom is -0.455 e. The van der Waals surface area contributed by atoms with E-state index in [-0.39, 0.29) is 60.7 Å². The van der Waals surface area contributed by atoms with Crippen LogP contribution in [0.3, 0.4) is 0 Å². The summed E-state index contributed by atoms with van der Waals surface area (Å²) < 4.78 is 62.0. The van der Waals surface area contributed by atoms with Crippen molar-refractivity contribution in [2.24, 2.45) is 46.3 Å². The average Bonchev–Trinajstić information content (AvgIpc) is 3.83. The average molecular weight is 1060 g/mol. The fraction of sp³-hybridized carbons (Fsp3) is 0.887. The zero-order valence-corrected chi connectivity index (χ0v) is 44.1. The molecule has 4 heterocycles. The first-order valence-electron chi connectivity index (χ1n) is 26.8. The normalized spacial score (nSPS) is 48.8. The van der Waals surface area contributed by atoms with Gasteiger partial charge in [-0.3, -0.25) is 4.79 Å². The van der Waals surface area contributed by atoms with E-state index in [1.54, 1.807) is 14.0 Å². The van der Waals surface area contributed by atoms with Gasteiger partial charge in [-0.2, -0.15) is 0 Å². The number of rotatable bonds is 17. The molecule has 0 radical (unpaired) electrons. The predicted molar refractivity (Wildman–Crippen MR) is 257 cm³/mol. The van der Waals surface area contributed by atoms with Crippen LogP contribution in [0.1, 0.15) is 106 Å². The quantitative estimate of drug-likeness (QED) is 0.0722. The molecule has 21 nitrogen and oxygen atoms in total. The summed E-state index contributed by atoms with van der Waals surface area (Å²) in [6.45, 7) is 16.2. The lowest BCUT2D eigenvalue weighted by atomic mass is 9.46. The van der Waals surface area contributed by atoms with Crippen LogP contribution in [0.15, 0.2) is 23.8 Å². The summed E-state index contributed by atoms with van der Waals surface area (Å²) in [5.74, 6) is -2.41. The van der Waals surface area contributed by atoms with Crippen molar-refractivity contribution < 1.29 is 103 Å². The molecule has 4 aliphatic heterocycles. The van der Waals surface area contributed by atoms with Crippen LogP contribution < -0.4 is 0 Å². The van der Waals surface area contributed by atoms with Crippen LogP contribution in [-0.2, 0) is 57.0 Å². The summed E-state index contributed by atoms with van der Waals surface area (Å²) in [5.41, 5.74) is 0.978. The lowest BCUT2D eigenvalue weighted by Gasteiger charge is -2.60. The Morgan fingerprint density at radius 3 is 2.27 bits per heavy atom. The number of allylic oxidation sites excluding steroid dienone is 1. The second-order valence-corrected chi connectivity index (χ2v) is 23.2. The fourth-order valence-corrected chi connectivity index (χ4v) is 14.6. The van der Waals surface area contributed by atoms with Gasteiger partial charge in [0.25, 0.3) is 0 Å². The minimum atomic E-state index is -1.77. The minimum absolute atomic E-state index is 0.0120. The molecular formula is C53H84O21. The van der Waals surface area contributed by atoms with Gasteiger partial charge >= 0.3 is 11.9 Å². The van der Waals surface area contributed by atoms with Crippen molar-refractivity contribution >= 4 is 11.9 Å². The van der Waals surface area contributed by atoms with Crippen LogP contribution >= 0.6 is 0 Å². The van der Waals surface area contributed by atoms with Crippen molar-refractivity contribution in [1.82, 2.24) is 0 Å². The van der Waals surface area contributed by atoms with Gasteiger partial charge < -0.3 is 93.3 Å². The lowest BCUT2D eigenvalue weighted by molar-refractivity contribution is -0.363. The molecule has 21 heteroatoms. The van der Waals surface area contributed by atoms with Crippen LogP contribution in [0.2, 0.25) is 0 Å². The molecule has 0 spiro atoms. The number of carbonyl (C=O) groups is 2. The summed E-state index contributed by atoms with van der Waals surface area (Å²) in [7, 11) is 1.66. The molecule has 0 aromatic carbocycles. The largest absolute Gasteiger partial charge is 0.455 e. The third-order valence-corrected chi connectivity index (χ3v) is 19.1. The highest BCUT2D eigenvalue weighted by Crippen LogP contribution is 2.70. The number of hydrogen-bond donors (Lipinski definition) is 9. The molecule has 9 N–H and O–H groups in total. The number of ether oxygens (including phenoxy) is 10. The molecule has 0 amide bonds. The molecule has 0 bridgehead atoms. The Balaban J connectivity index is 0.999. The molecular weight excluding hydrogens is 973 g/mol. The Kier molecular flexibility index (Phi) is 17.9. The molecule has 27 atom stereocenters. The number of methoxy groups -OCH3 is 1. The monoisotopic (exact) mass is 1060 g/mol. The maximum absolute atomic E-state index is 13.3. The van der Waals surface area contributed by atoms with E-state index in [1.807, 2.05) is 6.92 Å². The fourth-order valence-electron chi connectivity index (χ4n) is 14.6. The lowest BCUT2D eigenvalue weighted by Crippen LogP contribution is -2.64. The Bertz CT molecular complexity index is 2010. The van der Waals surface area contributed by atoms with Crippen molar-refractivity contribution in [2.75, 3.05) is 26.9 Å². The summed E-state index contributed by atoms with van der Waals surface area (Å²) >= 11 is 0. The Labute approximate surface area is 433 Å². The molecule has 0 aromatic rings. The topological polar surface area (TPSA) is 309 Å². The highest BCUT2D eigenvalue weighted by molar-refractivity contribution is 5.75. The van der Waals surface area contributed by atoms with Gasteiger partial charge in [0, 0.05) is 38.2 Å². The van der Waals surface area contributed by atoms with Gasteiger partial charge in [0.2, 0.25) is 0 Å². The molecule has 4 saturated heterocycles.